The molecular formula is C17H14F6O. The fourth-order valence-electron chi connectivity index (χ4n) is 2.40. The predicted molar refractivity (Wildman–Crippen MR) is 76.3 cm³/mol. The summed E-state index contributed by atoms with van der Waals surface area (Å²) in [6, 6.07) is 10.6. The first kappa shape index (κ1) is 18.3. The molecule has 2 unspecified atom stereocenters. The molecule has 0 heterocycles. The molecule has 0 saturated heterocycles. The Morgan fingerprint density at radius 2 is 1.29 bits per heavy atom. The van der Waals surface area contributed by atoms with E-state index >= 15 is 0 Å². The Hall–Kier alpha value is -2.02. The minimum absolute atomic E-state index is 0.314. The van der Waals surface area contributed by atoms with E-state index < -0.39 is 36.4 Å². The zero-order valence-electron chi connectivity index (χ0n) is 12.3. The van der Waals surface area contributed by atoms with E-state index in [0.29, 0.717) is 17.7 Å². The average Bonchev–Trinajstić information content (AvgIpc) is 2.51. The van der Waals surface area contributed by atoms with Crippen LogP contribution in [-0.2, 0) is 6.18 Å². The lowest BCUT2D eigenvalue weighted by atomic mass is 9.89. The largest absolute Gasteiger partial charge is 0.416 e. The van der Waals surface area contributed by atoms with Crippen molar-refractivity contribution in [3.63, 3.8) is 0 Å². The second kappa shape index (κ2) is 6.84. The summed E-state index contributed by atoms with van der Waals surface area (Å²) in [5.41, 5.74) is -1.01. The van der Waals surface area contributed by atoms with Gasteiger partial charge in [0.25, 0.3) is 0 Å². The zero-order valence-corrected chi connectivity index (χ0v) is 12.3. The summed E-state index contributed by atoms with van der Waals surface area (Å²) in [4.78, 5) is 0. The molecule has 0 fully saturated rings. The van der Waals surface area contributed by atoms with Gasteiger partial charge >= 0.3 is 12.4 Å². The number of benzene rings is 2. The lowest BCUT2D eigenvalue weighted by molar-refractivity contribution is -0.157. The SMILES string of the molecule is OC(CC(c1ccc(C(F)(F)F)cc1)C(F)(F)F)c1ccccc1. The van der Waals surface area contributed by atoms with Gasteiger partial charge in [-0.15, -0.1) is 0 Å². The summed E-state index contributed by atoms with van der Waals surface area (Å²) in [6.07, 6.45) is -11.3. The third-order valence-corrected chi connectivity index (χ3v) is 3.68. The number of aliphatic hydroxyl groups is 1. The van der Waals surface area contributed by atoms with Crippen molar-refractivity contribution < 1.29 is 31.4 Å². The molecular weight excluding hydrogens is 334 g/mol. The molecule has 0 aliphatic rings. The maximum Gasteiger partial charge on any atom is 0.416 e. The fraction of sp³-hybridized carbons (Fsp3) is 0.294. The summed E-state index contributed by atoms with van der Waals surface area (Å²) in [5.74, 6) is -2.06. The highest BCUT2D eigenvalue weighted by Crippen LogP contribution is 2.41. The number of hydrogen-bond donors (Lipinski definition) is 1. The molecule has 0 spiro atoms. The van der Waals surface area contributed by atoms with Gasteiger partial charge in [-0.2, -0.15) is 26.3 Å². The van der Waals surface area contributed by atoms with E-state index in [2.05, 4.69) is 0 Å². The maximum atomic E-state index is 13.3. The van der Waals surface area contributed by atoms with Gasteiger partial charge < -0.3 is 5.11 Å². The number of rotatable bonds is 4. The molecule has 2 aromatic rings. The third kappa shape index (κ3) is 4.50. The Balaban J connectivity index is 2.26. The topological polar surface area (TPSA) is 20.2 Å². The first-order chi connectivity index (χ1) is 11.1. The first-order valence-corrected chi connectivity index (χ1v) is 7.06. The Morgan fingerprint density at radius 1 is 0.750 bits per heavy atom. The number of halogens is 6. The second-order valence-electron chi connectivity index (χ2n) is 5.38. The Kier molecular flexibility index (Phi) is 5.22. The van der Waals surface area contributed by atoms with E-state index in [1.54, 1.807) is 18.2 Å². The van der Waals surface area contributed by atoms with E-state index in [4.69, 9.17) is 0 Å². The zero-order chi connectivity index (χ0) is 18.0. The summed E-state index contributed by atoms with van der Waals surface area (Å²) in [7, 11) is 0. The lowest BCUT2D eigenvalue weighted by Gasteiger charge is -2.24. The van der Waals surface area contributed by atoms with Crippen LogP contribution in [0, 0.1) is 0 Å². The molecule has 24 heavy (non-hydrogen) atoms. The normalized spacial score (nSPS) is 15.1. The monoisotopic (exact) mass is 348 g/mol. The third-order valence-electron chi connectivity index (χ3n) is 3.68. The van der Waals surface area contributed by atoms with Gasteiger partial charge in [-0.05, 0) is 29.7 Å². The van der Waals surface area contributed by atoms with Gasteiger partial charge in [0.2, 0.25) is 0 Å². The minimum Gasteiger partial charge on any atom is -0.388 e. The van der Waals surface area contributed by atoms with Gasteiger partial charge in [0.1, 0.15) is 0 Å². The molecule has 0 radical (unpaired) electrons. The van der Waals surface area contributed by atoms with Crippen molar-refractivity contribution in [2.45, 2.75) is 30.8 Å². The standard InChI is InChI=1S/C17H14F6O/c18-16(19,20)13-8-6-11(7-9-13)14(17(21,22)23)10-15(24)12-4-2-1-3-5-12/h1-9,14-15,24H,10H2. The van der Waals surface area contributed by atoms with Crippen LogP contribution in [-0.4, -0.2) is 11.3 Å². The molecule has 2 atom stereocenters. The van der Waals surface area contributed by atoms with Gasteiger partial charge in [-0.3, -0.25) is 0 Å². The van der Waals surface area contributed by atoms with Crippen molar-refractivity contribution in [3.8, 4) is 0 Å². The van der Waals surface area contributed by atoms with Crippen LogP contribution in [0.4, 0.5) is 26.3 Å². The van der Waals surface area contributed by atoms with Crippen LogP contribution in [0.1, 0.15) is 35.1 Å². The lowest BCUT2D eigenvalue weighted by Crippen LogP contribution is -2.23. The molecule has 0 aromatic heterocycles. The second-order valence-corrected chi connectivity index (χ2v) is 5.38. The van der Waals surface area contributed by atoms with Crippen molar-refractivity contribution in [1.29, 1.82) is 0 Å². The summed E-state index contributed by atoms with van der Waals surface area (Å²) < 4.78 is 77.4. The Labute approximate surface area is 134 Å². The molecule has 2 aromatic carbocycles. The van der Waals surface area contributed by atoms with Gasteiger partial charge in [0.05, 0.1) is 17.6 Å². The highest BCUT2D eigenvalue weighted by Gasteiger charge is 2.42. The molecule has 1 N–H and O–H groups in total. The van der Waals surface area contributed by atoms with E-state index in [1.165, 1.54) is 12.1 Å². The van der Waals surface area contributed by atoms with Gasteiger partial charge in [0, 0.05) is 0 Å². The quantitative estimate of drug-likeness (QED) is 0.726. The van der Waals surface area contributed by atoms with Crippen molar-refractivity contribution in [2.75, 3.05) is 0 Å². The van der Waals surface area contributed by atoms with Gasteiger partial charge in [-0.1, -0.05) is 42.5 Å². The molecule has 2 rings (SSSR count). The van der Waals surface area contributed by atoms with Crippen LogP contribution in [0.25, 0.3) is 0 Å². The highest BCUT2D eigenvalue weighted by molar-refractivity contribution is 5.29. The Morgan fingerprint density at radius 3 is 1.75 bits per heavy atom. The van der Waals surface area contributed by atoms with E-state index in [1.807, 2.05) is 0 Å². The molecule has 0 amide bonds. The van der Waals surface area contributed by atoms with Crippen LogP contribution in [0.3, 0.4) is 0 Å². The number of alkyl halides is 6. The van der Waals surface area contributed by atoms with Crippen LogP contribution < -0.4 is 0 Å². The van der Waals surface area contributed by atoms with Gasteiger partial charge in [-0.25, -0.2) is 0 Å². The molecule has 0 aliphatic carbocycles. The summed E-state index contributed by atoms with van der Waals surface area (Å²) in [6.45, 7) is 0. The molecule has 0 aliphatic heterocycles. The van der Waals surface area contributed by atoms with Gasteiger partial charge in [0.15, 0.2) is 0 Å². The summed E-state index contributed by atoms with van der Waals surface area (Å²) >= 11 is 0. The smallest absolute Gasteiger partial charge is 0.388 e. The summed E-state index contributed by atoms with van der Waals surface area (Å²) in [5, 5.41) is 10.0. The fourth-order valence-corrected chi connectivity index (χ4v) is 2.40. The van der Waals surface area contributed by atoms with Crippen molar-refractivity contribution >= 4 is 0 Å². The average molecular weight is 348 g/mol. The van der Waals surface area contributed by atoms with Crippen LogP contribution in [0.15, 0.2) is 54.6 Å². The maximum absolute atomic E-state index is 13.3. The van der Waals surface area contributed by atoms with Crippen LogP contribution >= 0.6 is 0 Å². The number of hydrogen-bond acceptors (Lipinski definition) is 1. The predicted octanol–water partition coefficient (Wildman–Crippen LogP) is 5.48. The van der Waals surface area contributed by atoms with Crippen LogP contribution in [0.2, 0.25) is 0 Å². The molecule has 0 bridgehead atoms. The van der Waals surface area contributed by atoms with Crippen molar-refractivity contribution in [2.24, 2.45) is 0 Å². The molecule has 0 saturated carbocycles. The molecule has 130 valence electrons. The number of aliphatic hydroxyl groups excluding tert-OH is 1. The minimum atomic E-state index is -4.69. The highest BCUT2D eigenvalue weighted by atomic mass is 19.4. The molecule has 7 heteroatoms. The first-order valence-electron chi connectivity index (χ1n) is 7.06. The van der Waals surface area contributed by atoms with E-state index in [0.717, 1.165) is 12.1 Å². The van der Waals surface area contributed by atoms with E-state index in [9.17, 15) is 31.4 Å². The van der Waals surface area contributed by atoms with E-state index in [-0.39, 0.29) is 5.56 Å². The van der Waals surface area contributed by atoms with Crippen molar-refractivity contribution in [1.82, 2.24) is 0 Å². The molecule has 1 nitrogen and oxygen atoms in total. The van der Waals surface area contributed by atoms with Crippen molar-refractivity contribution in [3.05, 3.63) is 71.3 Å². The Bertz CT molecular complexity index is 646. The van der Waals surface area contributed by atoms with Crippen LogP contribution in [0.5, 0.6) is 0 Å².